The molecule has 1 saturated carbocycles. The molecule has 1 aromatic heterocycles. The van der Waals surface area contributed by atoms with Gasteiger partial charge >= 0.3 is 0 Å². The first-order valence-electron chi connectivity index (χ1n) is 6.33. The van der Waals surface area contributed by atoms with E-state index in [1.807, 2.05) is 0 Å². The molecular weight excluding hydrogens is 252 g/mol. The van der Waals surface area contributed by atoms with Crippen molar-refractivity contribution in [3.63, 3.8) is 0 Å². The Kier molecular flexibility index (Phi) is 5.98. The van der Waals surface area contributed by atoms with Crippen LogP contribution < -0.4 is 11.1 Å². The van der Waals surface area contributed by atoms with E-state index in [4.69, 9.17) is 5.73 Å². The van der Waals surface area contributed by atoms with Crippen LogP contribution in [0, 0.1) is 0 Å². The maximum Gasteiger partial charge on any atom is 0.220 e. The standard InChI is InChI=1S/C12H20N4O.ClH/c13-12-14-8-10(16-12)6-3-7-11(17)15-9-4-1-2-5-9;/h8-9H,1-7H2,(H,15,17)(H3,13,14,16);1H. The van der Waals surface area contributed by atoms with E-state index < -0.39 is 0 Å². The number of anilines is 1. The number of hydrogen-bond acceptors (Lipinski definition) is 3. The third-order valence-corrected chi connectivity index (χ3v) is 3.22. The van der Waals surface area contributed by atoms with Crippen LogP contribution in [0.4, 0.5) is 5.95 Å². The molecule has 1 aliphatic carbocycles. The number of nitrogen functional groups attached to an aromatic ring is 1. The molecule has 0 saturated heterocycles. The summed E-state index contributed by atoms with van der Waals surface area (Å²) in [6.07, 6.45) is 8.74. The fraction of sp³-hybridized carbons (Fsp3) is 0.667. The van der Waals surface area contributed by atoms with Gasteiger partial charge in [0.15, 0.2) is 5.95 Å². The Morgan fingerprint density at radius 1 is 1.50 bits per heavy atom. The van der Waals surface area contributed by atoms with Gasteiger partial charge in [-0.3, -0.25) is 4.79 Å². The number of hydrogen-bond donors (Lipinski definition) is 3. The number of nitrogens with one attached hydrogen (secondary N) is 2. The summed E-state index contributed by atoms with van der Waals surface area (Å²) in [5, 5.41) is 3.08. The number of halogens is 1. The topological polar surface area (TPSA) is 83.8 Å². The second-order valence-electron chi connectivity index (χ2n) is 4.70. The van der Waals surface area contributed by atoms with E-state index >= 15 is 0 Å². The van der Waals surface area contributed by atoms with Crippen molar-refractivity contribution >= 4 is 24.3 Å². The van der Waals surface area contributed by atoms with Crippen LogP contribution in [-0.2, 0) is 11.2 Å². The van der Waals surface area contributed by atoms with Gasteiger partial charge in [-0.05, 0) is 25.7 Å². The van der Waals surface area contributed by atoms with Crippen LogP contribution in [0.3, 0.4) is 0 Å². The molecule has 0 unspecified atom stereocenters. The second-order valence-corrected chi connectivity index (χ2v) is 4.70. The first kappa shape index (κ1) is 14.8. The Morgan fingerprint density at radius 2 is 2.22 bits per heavy atom. The molecule has 1 amide bonds. The lowest BCUT2D eigenvalue weighted by Gasteiger charge is -2.11. The third-order valence-electron chi connectivity index (χ3n) is 3.22. The number of imidazole rings is 1. The molecule has 0 aromatic carbocycles. The fourth-order valence-electron chi connectivity index (χ4n) is 2.31. The number of aromatic amines is 1. The molecule has 1 aromatic rings. The van der Waals surface area contributed by atoms with Crippen molar-refractivity contribution in [3.05, 3.63) is 11.9 Å². The summed E-state index contributed by atoms with van der Waals surface area (Å²) in [6, 6.07) is 0.422. The molecule has 2 rings (SSSR count). The molecule has 4 N–H and O–H groups in total. The second kappa shape index (κ2) is 7.26. The minimum absolute atomic E-state index is 0. The average Bonchev–Trinajstić information content (AvgIpc) is 2.90. The highest BCUT2D eigenvalue weighted by atomic mass is 35.5. The average molecular weight is 273 g/mol. The van der Waals surface area contributed by atoms with Gasteiger partial charge in [0.1, 0.15) is 0 Å². The number of aromatic nitrogens is 2. The number of rotatable bonds is 5. The summed E-state index contributed by atoms with van der Waals surface area (Å²) in [6.45, 7) is 0. The minimum Gasteiger partial charge on any atom is -0.369 e. The molecule has 5 nitrogen and oxygen atoms in total. The number of H-pyrrole nitrogens is 1. The van der Waals surface area contributed by atoms with Gasteiger partial charge < -0.3 is 16.0 Å². The van der Waals surface area contributed by atoms with E-state index in [2.05, 4.69) is 15.3 Å². The van der Waals surface area contributed by atoms with Gasteiger partial charge in [-0.1, -0.05) is 12.8 Å². The molecule has 1 aliphatic rings. The fourth-order valence-corrected chi connectivity index (χ4v) is 2.31. The largest absolute Gasteiger partial charge is 0.369 e. The summed E-state index contributed by atoms with van der Waals surface area (Å²) < 4.78 is 0. The van der Waals surface area contributed by atoms with Gasteiger partial charge in [-0.15, -0.1) is 12.4 Å². The predicted octanol–water partition coefficient (Wildman–Crippen LogP) is 1.80. The monoisotopic (exact) mass is 272 g/mol. The summed E-state index contributed by atoms with van der Waals surface area (Å²) in [5.41, 5.74) is 6.47. The zero-order valence-corrected chi connectivity index (χ0v) is 11.3. The lowest BCUT2D eigenvalue weighted by atomic mass is 10.2. The summed E-state index contributed by atoms with van der Waals surface area (Å²) in [4.78, 5) is 18.5. The molecule has 0 radical (unpaired) electrons. The summed E-state index contributed by atoms with van der Waals surface area (Å²) in [5.74, 6) is 0.611. The molecule has 1 heterocycles. The minimum atomic E-state index is 0. The Bertz CT molecular complexity index is 374. The van der Waals surface area contributed by atoms with Crippen molar-refractivity contribution < 1.29 is 4.79 Å². The molecule has 18 heavy (non-hydrogen) atoms. The van der Waals surface area contributed by atoms with Gasteiger partial charge in [0, 0.05) is 18.2 Å². The van der Waals surface area contributed by atoms with E-state index in [0.29, 0.717) is 18.4 Å². The van der Waals surface area contributed by atoms with E-state index in [0.717, 1.165) is 31.4 Å². The number of nitrogens with two attached hydrogens (primary N) is 1. The van der Waals surface area contributed by atoms with Crippen molar-refractivity contribution in [2.45, 2.75) is 51.0 Å². The zero-order valence-electron chi connectivity index (χ0n) is 10.4. The number of carbonyl (C=O) groups is 1. The van der Waals surface area contributed by atoms with E-state index in [-0.39, 0.29) is 18.3 Å². The molecule has 0 bridgehead atoms. The first-order chi connectivity index (χ1) is 8.24. The molecule has 0 spiro atoms. The summed E-state index contributed by atoms with van der Waals surface area (Å²) in [7, 11) is 0. The number of carbonyl (C=O) groups excluding carboxylic acids is 1. The van der Waals surface area contributed by atoms with Crippen molar-refractivity contribution in [1.29, 1.82) is 0 Å². The first-order valence-corrected chi connectivity index (χ1v) is 6.33. The van der Waals surface area contributed by atoms with E-state index in [9.17, 15) is 4.79 Å². The van der Waals surface area contributed by atoms with Gasteiger partial charge in [0.05, 0.1) is 6.20 Å². The molecule has 0 aliphatic heterocycles. The Morgan fingerprint density at radius 3 is 2.83 bits per heavy atom. The smallest absolute Gasteiger partial charge is 0.220 e. The third kappa shape index (κ3) is 4.56. The van der Waals surface area contributed by atoms with E-state index in [1.54, 1.807) is 6.20 Å². The number of nitrogens with zero attached hydrogens (tertiary/aromatic N) is 1. The molecular formula is C12H21ClN4O. The van der Waals surface area contributed by atoms with Crippen LogP contribution in [0.1, 0.15) is 44.2 Å². The van der Waals surface area contributed by atoms with Crippen LogP contribution in [0.15, 0.2) is 6.20 Å². The van der Waals surface area contributed by atoms with E-state index in [1.165, 1.54) is 12.8 Å². The maximum atomic E-state index is 11.6. The normalized spacial score (nSPS) is 15.3. The van der Waals surface area contributed by atoms with Gasteiger partial charge in [-0.25, -0.2) is 4.98 Å². The van der Waals surface area contributed by atoms with Gasteiger partial charge in [0.2, 0.25) is 5.91 Å². The molecule has 102 valence electrons. The number of aryl methyl sites for hydroxylation is 1. The highest BCUT2D eigenvalue weighted by Crippen LogP contribution is 2.17. The van der Waals surface area contributed by atoms with Crippen molar-refractivity contribution in [3.8, 4) is 0 Å². The summed E-state index contributed by atoms with van der Waals surface area (Å²) >= 11 is 0. The Labute approximate surface area is 113 Å². The van der Waals surface area contributed by atoms with Crippen LogP contribution in [0.25, 0.3) is 0 Å². The van der Waals surface area contributed by atoms with Crippen molar-refractivity contribution in [1.82, 2.24) is 15.3 Å². The zero-order chi connectivity index (χ0) is 12.1. The number of amides is 1. The molecule has 1 fully saturated rings. The highest BCUT2D eigenvalue weighted by Gasteiger charge is 2.16. The highest BCUT2D eigenvalue weighted by molar-refractivity contribution is 5.85. The van der Waals surface area contributed by atoms with Crippen LogP contribution in [0.2, 0.25) is 0 Å². The Hall–Kier alpha value is -1.23. The lowest BCUT2D eigenvalue weighted by molar-refractivity contribution is -0.121. The SMILES string of the molecule is Cl.Nc1ncc(CCCC(=O)NC2CCCC2)[nH]1. The van der Waals surface area contributed by atoms with Crippen LogP contribution >= 0.6 is 12.4 Å². The Balaban J connectivity index is 0.00000162. The quantitative estimate of drug-likeness (QED) is 0.764. The predicted molar refractivity (Wildman–Crippen MR) is 73.6 cm³/mol. The van der Waals surface area contributed by atoms with Crippen molar-refractivity contribution in [2.24, 2.45) is 0 Å². The van der Waals surface area contributed by atoms with Gasteiger partial charge in [-0.2, -0.15) is 0 Å². The van der Waals surface area contributed by atoms with Crippen LogP contribution in [-0.4, -0.2) is 21.9 Å². The van der Waals surface area contributed by atoms with Crippen LogP contribution in [0.5, 0.6) is 0 Å². The maximum absolute atomic E-state index is 11.6. The molecule has 0 atom stereocenters. The van der Waals surface area contributed by atoms with Gasteiger partial charge in [0.25, 0.3) is 0 Å². The van der Waals surface area contributed by atoms with Crippen molar-refractivity contribution in [2.75, 3.05) is 5.73 Å². The molecule has 6 heteroatoms. The lowest BCUT2D eigenvalue weighted by Crippen LogP contribution is -2.32.